The molecule has 22 heavy (non-hydrogen) atoms. The van der Waals surface area contributed by atoms with Crippen molar-refractivity contribution in [2.75, 3.05) is 7.05 Å². The van der Waals surface area contributed by atoms with Crippen LogP contribution in [-0.4, -0.2) is 22.7 Å². The number of hydrogen-bond donors (Lipinski definition) is 0. The van der Waals surface area contributed by atoms with Gasteiger partial charge in [0, 0.05) is 18.5 Å². The Morgan fingerprint density at radius 2 is 1.82 bits per heavy atom. The first-order valence-corrected chi connectivity index (χ1v) is 8.84. The van der Waals surface area contributed by atoms with Crippen molar-refractivity contribution in [2.45, 2.75) is 49.9 Å². The SMILES string of the molecule is CN(Cc1ccccc1)C(=O)C12C[C@@H]3C[C@@H](CC(Cl)(C3)C1)C2. The van der Waals surface area contributed by atoms with E-state index in [9.17, 15) is 4.79 Å². The smallest absolute Gasteiger partial charge is 0.228 e. The number of halogens is 1. The zero-order valence-electron chi connectivity index (χ0n) is 13.2. The summed E-state index contributed by atoms with van der Waals surface area (Å²) in [5.74, 6) is 1.68. The van der Waals surface area contributed by atoms with Crippen LogP contribution < -0.4 is 0 Å². The van der Waals surface area contributed by atoms with E-state index in [2.05, 4.69) is 12.1 Å². The number of nitrogens with zero attached hydrogens (tertiary/aromatic N) is 1. The Bertz CT molecular complexity index is 570. The molecule has 1 aromatic rings. The number of benzene rings is 1. The number of carbonyl (C=O) groups is 1. The van der Waals surface area contributed by atoms with Gasteiger partial charge in [0.2, 0.25) is 5.91 Å². The molecule has 4 atom stereocenters. The maximum Gasteiger partial charge on any atom is 0.228 e. The van der Waals surface area contributed by atoms with Crippen LogP contribution in [0, 0.1) is 17.3 Å². The molecule has 0 heterocycles. The fourth-order valence-electron chi connectivity index (χ4n) is 5.73. The van der Waals surface area contributed by atoms with Crippen molar-refractivity contribution in [1.82, 2.24) is 4.90 Å². The molecule has 4 saturated carbocycles. The molecule has 0 radical (unpaired) electrons. The first-order valence-electron chi connectivity index (χ1n) is 8.47. The van der Waals surface area contributed by atoms with Gasteiger partial charge in [-0.1, -0.05) is 30.3 Å². The lowest BCUT2D eigenvalue weighted by Gasteiger charge is -2.59. The summed E-state index contributed by atoms with van der Waals surface area (Å²) < 4.78 is 0. The molecule has 1 amide bonds. The summed E-state index contributed by atoms with van der Waals surface area (Å²) in [7, 11) is 1.95. The third kappa shape index (κ3) is 2.36. The fourth-order valence-corrected chi connectivity index (χ4v) is 6.43. The quantitative estimate of drug-likeness (QED) is 0.764. The van der Waals surface area contributed by atoms with Gasteiger partial charge in [-0.15, -0.1) is 11.6 Å². The molecule has 0 saturated heterocycles. The van der Waals surface area contributed by atoms with E-state index in [1.54, 1.807) is 0 Å². The molecule has 5 rings (SSSR count). The van der Waals surface area contributed by atoms with Crippen molar-refractivity contribution < 1.29 is 4.79 Å². The molecule has 2 nitrogen and oxygen atoms in total. The van der Waals surface area contributed by atoms with Crippen molar-refractivity contribution in [3.63, 3.8) is 0 Å². The van der Waals surface area contributed by atoms with Gasteiger partial charge in [0.15, 0.2) is 0 Å². The van der Waals surface area contributed by atoms with Crippen molar-refractivity contribution in [3.05, 3.63) is 35.9 Å². The predicted octanol–water partition coefficient (Wildman–Crippen LogP) is 4.22. The predicted molar refractivity (Wildman–Crippen MR) is 88.6 cm³/mol. The standard InChI is InChI=1S/C19H24ClNO/c1-21(12-14-5-3-2-4-6-14)17(22)18-8-15-7-16(9-18)11-19(20,10-15)13-18/h2-6,15-16H,7-13H2,1H3/t15-,16+,18?,19?. The van der Waals surface area contributed by atoms with Crippen LogP contribution in [0.4, 0.5) is 0 Å². The summed E-state index contributed by atoms with van der Waals surface area (Å²) in [6.45, 7) is 0.700. The van der Waals surface area contributed by atoms with Gasteiger partial charge in [0.25, 0.3) is 0 Å². The molecular formula is C19H24ClNO. The lowest BCUT2D eigenvalue weighted by Crippen LogP contribution is -2.58. The normalized spacial score (nSPS) is 39.0. The topological polar surface area (TPSA) is 20.3 Å². The van der Waals surface area contributed by atoms with Crippen LogP contribution in [0.2, 0.25) is 0 Å². The van der Waals surface area contributed by atoms with Crippen LogP contribution in [0.15, 0.2) is 30.3 Å². The minimum Gasteiger partial charge on any atom is -0.341 e. The van der Waals surface area contributed by atoms with E-state index in [4.69, 9.17) is 11.6 Å². The number of amides is 1. The Kier molecular flexibility index (Phi) is 3.30. The molecule has 4 aliphatic rings. The molecule has 2 unspecified atom stereocenters. The van der Waals surface area contributed by atoms with E-state index in [0.29, 0.717) is 24.3 Å². The van der Waals surface area contributed by atoms with Gasteiger partial charge in [0.1, 0.15) is 0 Å². The van der Waals surface area contributed by atoms with E-state index in [0.717, 1.165) is 32.1 Å². The van der Waals surface area contributed by atoms with Gasteiger partial charge >= 0.3 is 0 Å². The second kappa shape index (κ2) is 4.99. The second-order valence-electron chi connectivity index (χ2n) is 8.04. The van der Waals surface area contributed by atoms with Gasteiger partial charge in [-0.05, 0) is 55.9 Å². The lowest BCUT2D eigenvalue weighted by atomic mass is 9.49. The summed E-state index contributed by atoms with van der Waals surface area (Å²) in [5, 5.41) is 0. The summed E-state index contributed by atoms with van der Waals surface area (Å²) in [5.41, 5.74) is 1.03. The van der Waals surface area contributed by atoms with Gasteiger partial charge in [-0.3, -0.25) is 4.79 Å². The molecular weight excluding hydrogens is 294 g/mol. The Morgan fingerprint density at radius 1 is 1.18 bits per heavy atom. The summed E-state index contributed by atoms with van der Waals surface area (Å²) in [6, 6.07) is 10.3. The Morgan fingerprint density at radius 3 is 2.41 bits per heavy atom. The van der Waals surface area contributed by atoms with Gasteiger partial charge in [0.05, 0.1) is 5.41 Å². The van der Waals surface area contributed by atoms with Crippen LogP contribution in [0.1, 0.15) is 44.1 Å². The highest BCUT2D eigenvalue weighted by molar-refractivity contribution is 6.24. The summed E-state index contributed by atoms with van der Waals surface area (Å²) in [6.07, 6.45) is 6.58. The van der Waals surface area contributed by atoms with Crippen LogP contribution in [-0.2, 0) is 11.3 Å². The van der Waals surface area contributed by atoms with Crippen molar-refractivity contribution in [3.8, 4) is 0 Å². The van der Waals surface area contributed by atoms with Crippen LogP contribution in [0.25, 0.3) is 0 Å². The van der Waals surface area contributed by atoms with E-state index in [1.807, 2.05) is 30.1 Å². The highest BCUT2D eigenvalue weighted by atomic mass is 35.5. The molecule has 0 N–H and O–H groups in total. The van der Waals surface area contributed by atoms with E-state index in [1.165, 1.54) is 12.0 Å². The van der Waals surface area contributed by atoms with Crippen molar-refractivity contribution in [2.24, 2.45) is 17.3 Å². The van der Waals surface area contributed by atoms with E-state index in [-0.39, 0.29) is 10.3 Å². The van der Waals surface area contributed by atoms with Gasteiger partial charge in [-0.25, -0.2) is 0 Å². The maximum atomic E-state index is 13.2. The number of rotatable bonds is 3. The highest BCUT2D eigenvalue weighted by Gasteiger charge is 2.60. The largest absolute Gasteiger partial charge is 0.341 e. The zero-order chi connectivity index (χ0) is 15.4. The van der Waals surface area contributed by atoms with Crippen LogP contribution in [0.5, 0.6) is 0 Å². The molecule has 3 heteroatoms. The second-order valence-corrected chi connectivity index (χ2v) is 8.84. The van der Waals surface area contributed by atoms with Crippen molar-refractivity contribution >= 4 is 17.5 Å². The number of hydrogen-bond acceptors (Lipinski definition) is 1. The molecule has 0 aliphatic heterocycles. The first-order chi connectivity index (χ1) is 10.5. The number of carbonyl (C=O) groups excluding carboxylic acids is 1. The van der Waals surface area contributed by atoms with E-state index >= 15 is 0 Å². The minimum absolute atomic E-state index is 0.0900. The average molecular weight is 318 g/mol. The highest BCUT2D eigenvalue weighted by Crippen LogP contribution is 2.64. The van der Waals surface area contributed by atoms with Crippen LogP contribution in [0.3, 0.4) is 0 Å². The fraction of sp³-hybridized carbons (Fsp3) is 0.632. The Balaban J connectivity index is 1.55. The third-order valence-electron chi connectivity index (χ3n) is 6.05. The average Bonchev–Trinajstić information content (AvgIpc) is 2.45. The number of alkyl halides is 1. The Labute approximate surface area is 137 Å². The first kappa shape index (κ1) is 14.6. The van der Waals surface area contributed by atoms with Gasteiger partial charge in [-0.2, -0.15) is 0 Å². The summed E-state index contributed by atoms with van der Waals surface area (Å²) in [4.78, 5) is 15.1. The maximum absolute atomic E-state index is 13.2. The third-order valence-corrected chi connectivity index (χ3v) is 6.49. The molecule has 0 spiro atoms. The molecule has 118 valence electrons. The minimum atomic E-state index is -0.171. The molecule has 4 bridgehead atoms. The monoisotopic (exact) mass is 317 g/mol. The molecule has 4 aliphatic carbocycles. The molecule has 0 aromatic heterocycles. The van der Waals surface area contributed by atoms with Crippen LogP contribution >= 0.6 is 11.6 Å². The van der Waals surface area contributed by atoms with Crippen molar-refractivity contribution in [1.29, 1.82) is 0 Å². The zero-order valence-corrected chi connectivity index (χ0v) is 14.0. The van der Waals surface area contributed by atoms with Gasteiger partial charge < -0.3 is 4.90 Å². The molecule has 4 fully saturated rings. The Hall–Kier alpha value is -1.02. The summed E-state index contributed by atoms with van der Waals surface area (Å²) >= 11 is 6.86. The van der Waals surface area contributed by atoms with E-state index < -0.39 is 0 Å². The lowest BCUT2D eigenvalue weighted by molar-refractivity contribution is -0.155. The molecule has 1 aromatic carbocycles.